The van der Waals surface area contributed by atoms with Gasteiger partial charge in [0.15, 0.2) is 0 Å². The van der Waals surface area contributed by atoms with E-state index < -0.39 is 5.41 Å². The van der Waals surface area contributed by atoms with Crippen molar-refractivity contribution in [3.63, 3.8) is 0 Å². The van der Waals surface area contributed by atoms with E-state index in [-0.39, 0.29) is 11.9 Å². The molecule has 1 aromatic rings. The molecule has 19 heavy (non-hydrogen) atoms. The number of hydrogen-bond acceptors (Lipinski definition) is 3. The average molecular weight is 261 g/mol. The number of carbonyl (C=O) groups is 1. The van der Waals surface area contributed by atoms with Gasteiger partial charge < -0.3 is 4.90 Å². The van der Waals surface area contributed by atoms with E-state index in [4.69, 9.17) is 0 Å². The monoisotopic (exact) mass is 261 g/mol. The molecule has 1 unspecified atom stereocenters. The topological polar surface area (TPSA) is 44.4 Å². The fourth-order valence-electron chi connectivity index (χ4n) is 2.58. The Morgan fingerprint density at radius 3 is 2.16 bits per heavy atom. The highest BCUT2D eigenvalue weighted by molar-refractivity contribution is 5.84. The van der Waals surface area contributed by atoms with Crippen LogP contribution in [0, 0.1) is 5.41 Å². The summed E-state index contributed by atoms with van der Waals surface area (Å²) < 4.78 is 0. The molecule has 1 saturated heterocycles. The number of hydrogen-bond donors (Lipinski definition) is 2. The van der Waals surface area contributed by atoms with E-state index in [0.717, 1.165) is 18.7 Å². The molecule has 4 heteroatoms. The average Bonchev–Trinajstić information content (AvgIpc) is 2.67. The number of anilines is 1. The second-order valence-corrected chi connectivity index (χ2v) is 5.52. The van der Waals surface area contributed by atoms with Crippen LogP contribution < -0.4 is 15.8 Å². The summed E-state index contributed by atoms with van der Waals surface area (Å²) in [4.78, 5) is 14.1. The first-order chi connectivity index (χ1) is 9.00. The molecule has 1 heterocycles. The van der Waals surface area contributed by atoms with Crippen LogP contribution in [0.4, 0.5) is 5.69 Å². The maximum Gasteiger partial charge on any atom is 0.241 e. The minimum absolute atomic E-state index is 0.0192. The van der Waals surface area contributed by atoms with E-state index in [0.29, 0.717) is 0 Å². The number of carbonyl (C=O) groups excluding carboxylic acids is 1. The molecule has 2 rings (SSSR count). The van der Waals surface area contributed by atoms with Gasteiger partial charge >= 0.3 is 0 Å². The van der Waals surface area contributed by atoms with Crippen LogP contribution >= 0.6 is 0 Å². The fourth-order valence-corrected chi connectivity index (χ4v) is 2.58. The van der Waals surface area contributed by atoms with Gasteiger partial charge in [-0.1, -0.05) is 12.1 Å². The zero-order valence-corrected chi connectivity index (χ0v) is 12.2. The lowest BCUT2D eigenvalue weighted by Crippen LogP contribution is -2.28. The molecule has 1 fully saturated rings. The summed E-state index contributed by atoms with van der Waals surface area (Å²) >= 11 is 0. The van der Waals surface area contributed by atoms with Crippen molar-refractivity contribution < 1.29 is 4.79 Å². The van der Waals surface area contributed by atoms with Crippen LogP contribution in [0.3, 0.4) is 0 Å². The number of nitrogens with one attached hydrogen (secondary N) is 2. The smallest absolute Gasteiger partial charge is 0.241 e. The Morgan fingerprint density at radius 1 is 1.16 bits per heavy atom. The predicted molar refractivity (Wildman–Crippen MR) is 77.8 cm³/mol. The van der Waals surface area contributed by atoms with E-state index in [2.05, 4.69) is 53.9 Å². The van der Waals surface area contributed by atoms with Gasteiger partial charge in [-0.3, -0.25) is 10.2 Å². The highest BCUT2D eigenvalue weighted by Crippen LogP contribution is 2.36. The lowest BCUT2D eigenvalue weighted by Gasteiger charge is -2.25. The highest BCUT2D eigenvalue weighted by Gasteiger charge is 2.43. The molecule has 0 spiro atoms. The third kappa shape index (κ3) is 2.45. The van der Waals surface area contributed by atoms with Crippen LogP contribution in [0.1, 0.15) is 39.3 Å². The molecule has 1 aliphatic rings. The van der Waals surface area contributed by atoms with E-state index in [1.165, 1.54) is 5.69 Å². The van der Waals surface area contributed by atoms with E-state index >= 15 is 0 Å². The van der Waals surface area contributed by atoms with Crippen molar-refractivity contribution in [2.75, 3.05) is 18.0 Å². The van der Waals surface area contributed by atoms with Crippen molar-refractivity contribution in [1.82, 2.24) is 10.9 Å². The third-order valence-corrected chi connectivity index (χ3v) is 3.99. The van der Waals surface area contributed by atoms with Gasteiger partial charge in [0.05, 0.1) is 11.5 Å². The minimum atomic E-state index is -0.420. The van der Waals surface area contributed by atoms with Gasteiger partial charge in [0.1, 0.15) is 0 Å². The van der Waals surface area contributed by atoms with E-state index in [9.17, 15) is 4.79 Å². The standard InChI is InChI=1S/C15H23N3O/c1-5-18(6-2)12-9-7-11(8-10-12)13-15(3,4)14(19)17-16-13/h7-10,13,16H,5-6H2,1-4H3,(H,17,19). The van der Waals surface area contributed by atoms with Gasteiger partial charge in [-0.2, -0.15) is 0 Å². The maximum atomic E-state index is 11.8. The van der Waals surface area contributed by atoms with Crippen molar-refractivity contribution in [3.8, 4) is 0 Å². The van der Waals surface area contributed by atoms with Gasteiger partial charge in [0.2, 0.25) is 5.91 Å². The Hall–Kier alpha value is -1.55. The zero-order valence-electron chi connectivity index (χ0n) is 12.2. The van der Waals surface area contributed by atoms with Crippen molar-refractivity contribution in [2.24, 2.45) is 5.41 Å². The molecular formula is C15H23N3O. The first kappa shape index (κ1) is 13.9. The number of rotatable bonds is 4. The Morgan fingerprint density at radius 2 is 1.74 bits per heavy atom. The third-order valence-electron chi connectivity index (χ3n) is 3.99. The van der Waals surface area contributed by atoms with Crippen LogP contribution in [0.15, 0.2) is 24.3 Å². The molecule has 0 bridgehead atoms. The molecule has 0 aromatic heterocycles. The number of hydrazine groups is 1. The Balaban J connectivity index is 2.22. The predicted octanol–water partition coefficient (Wildman–Crippen LogP) is 2.23. The summed E-state index contributed by atoms with van der Waals surface area (Å²) in [5.41, 5.74) is 7.74. The van der Waals surface area contributed by atoms with Crippen LogP contribution in [0.5, 0.6) is 0 Å². The van der Waals surface area contributed by atoms with Gasteiger partial charge in [0.25, 0.3) is 0 Å². The molecule has 0 saturated carbocycles. The SMILES string of the molecule is CCN(CC)c1ccc(C2NNC(=O)C2(C)C)cc1. The molecular weight excluding hydrogens is 238 g/mol. The first-order valence-electron chi connectivity index (χ1n) is 6.91. The van der Waals surface area contributed by atoms with Gasteiger partial charge in [-0.15, -0.1) is 0 Å². The Bertz CT molecular complexity index is 449. The summed E-state index contributed by atoms with van der Waals surface area (Å²) in [5, 5.41) is 0. The summed E-state index contributed by atoms with van der Waals surface area (Å²) in [6.07, 6.45) is 0. The summed E-state index contributed by atoms with van der Waals surface area (Å²) in [6.45, 7) is 10.2. The normalized spacial score (nSPS) is 21.3. The van der Waals surface area contributed by atoms with Gasteiger partial charge in [-0.25, -0.2) is 5.43 Å². The highest BCUT2D eigenvalue weighted by atomic mass is 16.2. The van der Waals surface area contributed by atoms with Crippen molar-refractivity contribution >= 4 is 11.6 Å². The van der Waals surface area contributed by atoms with Crippen molar-refractivity contribution in [2.45, 2.75) is 33.7 Å². The molecule has 1 aromatic carbocycles. The molecule has 1 amide bonds. The second kappa shape index (κ2) is 5.21. The summed E-state index contributed by atoms with van der Waals surface area (Å²) in [7, 11) is 0. The Labute approximate surface area is 115 Å². The molecule has 0 aliphatic carbocycles. The second-order valence-electron chi connectivity index (χ2n) is 5.52. The fraction of sp³-hybridized carbons (Fsp3) is 0.533. The Kier molecular flexibility index (Phi) is 3.80. The molecule has 2 N–H and O–H groups in total. The van der Waals surface area contributed by atoms with Gasteiger partial charge in [-0.05, 0) is 45.4 Å². The van der Waals surface area contributed by atoms with Crippen molar-refractivity contribution in [1.29, 1.82) is 0 Å². The molecule has 0 radical (unpaired) electrons. The molecule has 4 nitrogen and oxygen atoms in total. The number of amides is 1. The lowest BCUT2D eigenvalue weighted by molar-refractivity contribution is -0.126. The van der Waals surface area contributed by atoms with Crippen LogP contribution in [-0.2, 0) is 4.79 Å². The van der Waals surface area contributed by atoms with Crippen LogP contribution in [-0.4, -0.2) is 19.0 Å². The van der Waals surface area contributed by atoms with Gasteiger partial charge in [0, 0.05) is 18.8 Å². The van der Waals surface area contributed by atoms with E-state index in [1.807, 2.05) is 13.8 Å². The lowest BCUT2D eigenvalue weighted by atomic mass is 9.81. The first-order valence-corrected chi connectivity index (χ1v) is 6.91. The van der Waals surface area contributed by atoms with Crippen LogP contribution in [0.25, 0.3) is 0 Å². The van der Waals surface area contributed by atoms with Crippen LogP contribution in [0.2, 0.25) is 0 Å². The zero-order chi connectivity index (χ0) is 14.0. The quantitative estimate of drug-likeness (QED) is 0.873. The molecule has 104 valence electrons. The number of benzene rings is 1. The van der Waals surface area contributed by atoms with Crippen molar-refractivity contribution in [3.05, 3.63) is 29.8 Å². The molecule has 1 atom stereocenters. The molecule has 1 aliphatic heterocycles. The largest absolute Gasteiger partial charge is 0.372 e. The van der Waals surface area contributed by atoms with E-state index in [1.54, 1.807) is 0 Å². The maximum absolute atomic E-state index is 11.8. The summed E-state index contributed by atoms with van der Waals surface area (Å²) in [6, 6.07) is 8.48. The minimum Gasteiger partial charge on any atom is -0.372 e. The number of nitrogens with zero attached hydrogens (tertiary/aromatic N) is 1. The summed E-state index contributed by atoms with van der Waals surface area (Å²) in [5.74, 6) is 0.0466.